The Morgan fingerprint density at radius 2 is 2.21 bits per heavy atom. The topological polar surface area (TPSA) is 17.8 Å². The van der Waals surface area contributed by atoms with Crippen LogP contribution in [0.3, 0.4) is 0 Å². The Morgan fingerprint density at radius 3 is 3.00 bits per heavy atom. The zero-order valence-corrected chi connectivity index (χ0v) is 11.3. The summed E-state index contributed by atoms with van der Waals surface area (Å²) < 4.78 is 15.4. The molecule has 0 spiro atoms. The van der Waals surface area contributed by atoms with Crippen molar-refractivity contribution in [3.05, 3.63) is 65.0 Å². The molecule has 0 aliphatic rings. The minimum absolute atomic E-state index is 0.196. The molecule has 3 rings (SSSR count). The van der Waals surface area contributed by atoms with E-state index in [2.05, 4.69) is 4.98 Å². The Morgan fingerprint density at radius 1 is 1.32 bits per heavy atom. The van der Waals surface area contributed by atoms with Gasteiger partial charge < -0.3 is 4.57 Å². The molecule has 0 N–H and O–H groups in total. The van der Waals surface area contributed by atoms with E-state index in [0.29, 0.717) is 6.54 Å². The molecule has 2 nitrogen and oxygen atoms in total. The first-order valence-electron chi connectivity index (χ1n) is 6.04. The molecule has 0 atom stereocenters. The third-order valence-corrected chi connectivity index (χ3v) is 3.97. The maximum absolute atomic E-state index is 13.3. The molecule has 2 heterocycles. The van der Waals surface area contributed by atoms with Gasteiger partial charge in [0.1, 0.15) is 11.6 Å². The van der Waals surface area contributed by atoms with Crippen LogP contribution in [0.25, 0.3) is 10.7 Å². The van der Waals surface area contributed by atoms with Crippen molar-refractivity contribution in [3.63, 3.8) is 0 Å². The molecule has 0 unspecified atom stereocenters. The van der Waals surface area contributed by atoms with Crippen LogP contribution in [0.15, 0.2) is 48.1 Å². The van der Waals surface area contributed by atoms with Gasteiger partial charge in [0.25, 0.3) is 0 Å². The summed E-state index contributed by atoms with van der Waals surface area (Å²) in [7, 11) is 0. The smallest absolute Gasteiger partial charge is 0.150 e. The molecule has 0 saturated heterocycles. The maximum Gasteiger partial charge on any atom is 0.150 e. The van der Waals surface area contributed by atoms with Crippen LogP contribution in [0, 0.1) is 12.7 Å². The molecule has 19 heavy (non-hydrogen) atoms. The number of benzene rings is 1. The van der Waals surface area contributed by atoms with Gasteiger partial charge in [0, 0.05) is 18.9 Å². The van der Waals surface area contributed by atoms with E-state index in [0.717, 1.165) is 21.8 Å². The molecule has 3 aromatic rings. The highest BCUT2D eigenvalue weighted by atomic mass is 32.1. The lowest BCUT2D eigenvalue weighted by atomic mass is 10.1. The van der Waals surface area contributed by atoms with Gasteiger partial charge in [-0.15, -0.1) is 11.3 Å². The third-order valence-electron chi connectivity index (χ3n) is 3.11. The van der Waals surface area contributed by atoms with Crippen molar-refractivity contribution in [3.8, 4) is 10.7 Å². The summed E-state index contributed by atoms with van der Waals surface area (Å²) in [6.45, 7) is 2.63. The minimum atomic E-state index is -0.196. The van der Waals surface area contributed by atoms with Crippen molar-refractivity contribution in [2.24, 2.45) is 0 Å². The lowest BCUT2D eigenvalue weighted by Gasteiger charge is -2.09. The number of hydrogen-bond donors (Lipinski definition) is 0. The van der Waals surface area contributed by atoms with Gasteiger partial charge in [-0.3, -0.25) is 0 Å². The van der Waals surface area contributed by atoms with Gasteiger partial charge in [-0.2, -0.15) is 0 Å². The van der Waals surface area contributed by atoms with E-state index < -0.39 is 0 Å². The van der Waals surface area contributed by atoms with Crippen molar-refractivity contribution in [2.45, 2.75) is 13.5 Å². The highest BCUT2D eigenvalue weighted by molar-refractivity contribution is 7.13. The van der Waals surface area contributed by atoms with Gasteiger partial charge in [0.05, 0.1) is 4.88 Å². The van der Waals surface area contributed by atoms with Gasteiger partial charge in [-0.05, 0) is 41.6 Å². The van der Waals surface area contributed by atoms with Crippen LogP contribution in [0.2, 0.25) is 0 Å². The third kappa shape index (κ3) is 2.44. The summed E-state index contributed by atoms with van der Waals surface area (Å²) in [4.78, 5) is 5.51. The minimum Gasteiger partial charge on any atom is -0.326 e. The Bertz CT molecular complexity index is 686. The largest absolute Gasteiger partial charge is 0.326 e. The molecule has 0 saturated carbocycles. The quantitative estimate of drug-likeness (QED) is 0.701. The fourth-order valence-electron chi connectivity index (χ4n) is 2.06. The SMILES string of the molecule is Cc1ccc(F)cc1Cn1ccnc1-c1cccs1. The number of aromatic nitrogens is 2. The highest BCUT2D eigenvalue weighted by Gasteiger charge is 2.08. The maximum atomic E-state index is 13.3. The molecule has 0 aliphatic carbocycles. The zero-order chi connectivity index (χ0) is 13.2. The predicted octanol–water partition coefficient (Wildman–Crippen LogP) is 4.11. The standard InChI is InChI=1S/C15H13FN2S/c1-11-4-5-13(16)9-12(11)10-18-7-6-17-15(18)14-3-2-8-19-14/h2-9H,10H2,1H3. The van der Waals surface area contributed by atoms with E-state index >= 15 is 0 Å². The lowest BCUT2D eigenvalue weighted by Crippen LogP contribution is -2.02. The van der Waals surface area contributed by atoms with E-state index in [1.807, 2.05) is 41.3 Å². The van der Waals surface area contributed by atoms with Gasteiger partial charge in [-0.1, -0.05) is 12.1 Å². The lowest BCUT2D eigenvalue weighted by molar-refractivity contribution is 0.623. The van der Waals surface area contributed by atoms with Gasteiger partial charge in [0.2, 0.25) is 0 Å². The van der Waals surface area contributed by atoms with E-state index in [-0.39, 0.29) is 5.82 Å². The molecular weight excluding hydrogens is 259 g/mol. The number of thiophene rings is 1. The predicted molar refractivity (Wildman–Crippen MR) is 75.8 cm³/mol. The average Bonchev–Trinajstić information content (AvgIpc) is 3.03. The number of halogens is 1. The molecule has 0 bridgehead atoms. The second kappa shape index (κ2) is 4.97. The van der Waals surface area contributed by atoms with E-state index in [9.17, 15) is 4.39 Å². The van der Waals surface area contributed by atoms with E-state index in [4.69, 9.17) is 0 Å². The molecule has 1 aromatic carbocycles. The van der Waals surface area contributed by atoms with Crippen LogP contribution < -0.4 is 0 Å². The van der Waals surface area contributed by atoms with Gasteiger partial charge in [0.15, 0.2) is 0 Å². The second-order valence-corrected chi connectivity index (χ2v) is 5.37. The van der Waals surface area contributed by atoms with Crippen molar-refractivity contribution in [1.29, 1.82) is 0 Å². The molecule has 96 valence electrons. The van der Waals surface area contributed by atoms with Crippen LogP contribution in [0.1, 0.15) is 11.1 Å². The normalized spacial score (nSPS) is 10.8. The molecule has 0 aliphatic heterocycles. The number of imidazole rings is 1. The van der Waals surface area contributed by atoms with Crippen LogP contribution in [0.5, 0.6) is 0 Å². The van der Waals surface area contributed by atoms with Crippen LogP contribution in [-0.2, 0) is 6.54 Å². The molecule has 0 amide bonds. The Kier molecular flexibility index (Phi) is 3.17. The number of aryl methyl sites for hydroxylation is 1. The summed E-state index contributed by atoms with van der Waals surface area (Å²) in [6.07, 6.45) is 3.71. The molecule has 0 fully saturated rings. The number of rotatable bonds is 3. The fraction of sp³-hybridized carbons (Fsp3) is 0.133. The molecular formula is C15H13FN2S. The summed E-state index contributed by atoms with van der Waals surface area (Å²) in [6, 6.07) is 8.95. The second-order valence-electron chi connectivity index (χ2n) is 4.43. The Hall–Kier alpha value is -1.94. The molecule has 2 aromatic heterocycles. The van der Waals surface area contributed by atoms with Gasteiger partial charge >= 0.3 is 0 Å². The summed E-state index contributed by atoms with van der Waals surface area (Å²) in [5.41, 5.74) is 2.07. The van der Waals surface area contributed by atoms with Gasteiger partial charge in [-0.25, -0.2) is 9.37 Å². The number of hydrogen-bond acceptors (Lipinski definition) is 2. The van der Waals surface area contributed by atoms with E-state index in [1.54, 1.807) is 23.6 Å². The fourth-order valence-corrected chi connectivity index (χ4v) is 2.80. The Balaban J connectivity index is 1.96. The van der Waals surface area contributed by atoms with Crippen molar-refractivity contribution in [1.82, 2.24) is 9.55 Å². The Labute approximate surface area is 115 Å². The van der Waals surface area contributed by atoms with Crippen LogP contribution in [0.4, 0.5) is 4.39 Å². The van der Waals surface area contributed by atoms with Crippen LogP contribution >= 0.6 is 11.3 Å². The summed E-state index contributed by atoms with van der Waals surface area (Å²) in [5.74, 6) is 0.733. The first-order valence-corrected chi connectivity index (χ1v) is 6.92. The van der Waals surface area contributed by atoms with Crippen LogP contribution in [-0.4, -0.2) is 9.55 Å². The highest BCUT2D eigenvalue weighted by Crippen LogP contribution is 2.24. The summed E-state index contributed by atoms with van der Waals surface area (Å²) in [5, 5.41) is 2.03. The first kappa shape index (κ1) is 12.1. The average molecular weight is 272 g/mol. The zero-order valence-electron chi connectivity index (χ0n) is 10.5. The van der Waals surface area contributed by atoms with Crippen molar-refractivity contribution >= 4 is 11.3 Å². The van der Waals surface area contributed by atoms with E-state index in [1.165, 1.54) is 6.07 Å². The monoisotopic (exact) mass is 272 g/mol. The summed E-state index contributed by atoms with van der Waals surface area (Å²) >= 11 is 1.66. The van der Waals surface area contributed by atoms with Crippen molar-refractivity contribution in [2.75, 3.05) is 0 Å². The van der Waals surface area contributed by atoms with Crippen molar-refractivity contribution < 1.29 is 4.39 Å². The molecule has 0 radical (unpaired) electrons. The number of nitrogens with zero attached hydrogens (tertiary/aromatic N) is 2. The first-order chi connectivity index (χ1) is 9.24. The molecule has 4 heteroatoms.